The molecule has 3 rings (SSSR count). The molecule has 0 spiro atoms. The van der Waals surface area contributed by atoms with E-state index in [-0.39, 0.29) is 11.7 Å². The summed E-state index contributed by atoms with van der Waals surface area (Å²) in [5.41, 5.74) is 2.46. The zero-order chi connectivity index (χ0) is 19.2. The van der Waals surface area contributed by atoms with Crippen molar-refractivity contribution in [2.45, 2.75) is 6.92 Å². The van der Waals surface area contributed by atoms with Crippen LogP contribution < -0.4 is 10.2 Å². The topological polar surface area (TPSA) is 65.0 Å². The number of rotatable bonds is 4. The summed E-state index contributed by atoms with van der Waals surface area (Å²) in [7, 11) is 0. The number of ether oxygens (including phenoxy) is 1. The summed E-state index contributed by atoms with van der Waals surface area (Å²) in [6.45, 7) is 5.48. The van der Waals surface area contributed by atoms with Crippen LogP contribution >= 0.6 is 12.2 Å². The lowest BCUT2D eigenvalue weighted by atomic mass is 10.2. The summed E-state index contributed by atoms with van der Waals surface area (Å²) in [5.74, 6) is -0.0475. The van der Waals surface area contributed by atoms with E-state index in [0.717, 1.165) is 37.6 Å². The highest BCUT2D eigenvalue weighted by Crippen LogP contribution is 2.20. The first kappa shape index (κ1) is 19.0. The van der Waals surface area contributed by atoms with Crippen molar-refractivity contribution in [2.75, 3.05) is 43.0 Å². The third-order valence-electron chi connectivity index (χ3n) is 4.43. The molecule has 0 atom stereocenters. The van der Waals surface area contributed by atoms with Gasteiger partial charge in [0.15, 0.2) is 5.11 Å². The monoisotopic (exact) mass is 385 g/mol. The molecule has 1 fully saturated rings. The van der Waals surface area contributed by atoms with Gasteiger partial charge in [0.05, 0.1) is 12.2 Å². The summed E-state index contributed by atoms with van der Waals surface area (Å²) in [4.78, 5) is 16.1. The number of nitrogens with zero attached hydrogens (tertiary/aromatic N) is 2. The molecule has 2 aromatic rings. The van der Waals surface area contributed by atoms with Gasteiger partial charge in [0, 0.05) is 37.6 Å². The number of carbonyl (C=O) groups excluding carboxylic acids is 1. The Labute approximate surface area is 164 Å². The molecule has 142 valence electrons. The predicted molar refractivity (Wildman–Crippen MR) is 111 cm³/mol. The van der Waals surface area contributed by atoms with E-state index < -0.39 is 0 Å². The van der Waals surface area contributed by atoms with Crippen molar-refractivity contribution < 1.29 is 14.6 Å². The Morgan fingerprint density at radius 3 is 2.30 bits per heavy atom. The normalized spacial score (nSPS) is 14.0. The number of hydrogen-bond donors (Lipinski definition) is 2. The summed E-state index contributed by atoms with van der Waals surface area (Å²) in [6.07, 6.45) is 0. The van der Waals surface area contributed by atoms with Crippen LogP contribution in [0.2, 0.25) is 0 Å². The lowest BCUT2D eigenvalue weighted by molar-refractivity contribution is 0.0526. The van der Waals surface area contributed by atoms with Crippen molar-refractivity contribution >= 4 is 34.7 Å². The molecular weight excluding hydrogens is 362 g/mol. The van der Waals surface area contributed by atoms with Crippen LogP contribution in [0, 0.1) is 0 Å². The molecule has 0 amide bonds. The van der Waals surface area contributed by atoms with Crippen LogP contribution in [0.1, 0.15) is 17.3 Å². The maximum atomic E-state index is 11.7. The van der Waals surface area contributed by atoms with Crippen molar-refractivity contribution in [3.63, 3.8) is 0 Å². The van der Waals surface area contributed by atoms with E-state index in [0.29, 0.717) is 17.3 Å². The summed E-state index contributed by atoms with van der Waals surface area (Å²) in [6, 6.07) is 14.4. The molecule has 0 bridgehead atoms. The first-order valence-electron chi connectivity index (χ1n) is 8.94. The second kappa shape index (κ2) is 8.73. The lowest BCUT2D eigenvalue weighted by Crippen LogP contribution is -2.50. The summed E-state index contributed by atoms with van der Waals surface area (Å²) in [5, 5.41) is 13.3. The van der Waals surface area contributed by atoms with Gasteiger partial charge in [-0.2, -0.15) is 0 Å². The van der Waals surface area contributed by atoms with Crippen LogP contribution in [0.3, 0.4) is 0 Å². The van der Waals surface area contributed by atoms with Crippen molar-refractivity contribution in [3.8, 4) is 5.75 Å². The van der Waals surface area contributed by atoms with Crippen LogP contribution in [0.4, 0.5) is 11.4 Å². The largest absolute Gasteiger partial charge is 0.508 e. The third-order valence-corrected chi connectivity index (χ3v) is 4.79. The Kier molecular flexibility index (Phi) is 6.13. The number of aromatic hydroxyl groups is 1. The van der Waals surface area contributed by atoms with Gasteiger partial charge < -0.3 is 25.0 Å². The number of anilines is 2. The average molecular weight is 385 g/mol. The molecule has 2 aromatic carbocycles. The van der Waals surface area contributed by atoms with Crippen molar-refractivity contribution in [1.82, 2.24) is 4.90 Å². The molecule has 1 saturated heterocycles. The molecule has 7 heteroatoms. The van der Waals surface area contributed by atoms with Crippen LogP contribution in [-0.4, -0.2) is 53.9 Å². The summed E-state index contributed by atoms with van der Waals surface area (Å²) < 4.78 is 4.99. The van der Waals surface area contributed by atoms with Gasteiger partial charge in [-0.25, -0.2) is 4.79 Å². The zero-order valence-corrected chi connectivity index (χ0v) is 16.0. The number of piperazine rings is 1. The smallest absolute Gasteiger partial charge is 0.338 e. The van der Waals surface area contributed by atoms with Gasteiger partial charge in [-0.15, -0.1) is 0 Å². The highest BCUT2D eigenvalue weighted by Gasteiger charge is 2.19. The number of esters is 1. The Bertz CT molecular complexity index is 785. The van der Waals surface area contributed by atoms with Gasteiger partial charge in [0.1, 0.15) is 5.75 Å². The molecule has 6 nitrogen and oxygen atoms in total. The SMILES string of the molecule is CCOC(=O)c1ccc(NC(=S)N2CCN(c3ccc(O)cc3)CC2)cc1. The fraction of sp³-hybridized carbons (Fsp3) is 0.300. The number of phenolic OH excluding ortho intramolecular Hbond substituents is 1. The van der Waals surface area contributed by atoms with Gasteiger partial charge >= 0.3 is 5.97 Å². The van der Waals surface area contributed by atoms with E-state index >= 15 is 0 Å². The van der Waals surface area contributed by atoms with Crippen LogP contribution in [0.15, 0.2) is 48.5 Å². The van der Waals surface area contributed by atoms with Gasteiger partial charge in [-0.1, -0.05) is 0 Å². The standard InChI is InChI=1S/C20H23N3O3S/c1-2-26-19(25)15-3-5-16(6-4-15)21-20(27)23-13-11-22(12-14-23)17-7-9-18(24)10-8-17/h3-10,24H,2,11-14H2,1H3,(H,21,27). The highest BCUT2D eigenvalue weighted by atomic mass is 32.1. The van der Waals surface area contributed by atoms with E-state index in [9.17, 15) is 9.90 Å². The second-order valence-electron chi connectivity index (χ2n) is 6.22. The Balaban J connectivity index is 1.52. The van der Waals surface area contributed by atoms with Gasteiger partial charge in [-0.05, 0) is 67.7 Å². The second-order valence-corrected chi connectivity index (χ2v) is 6.61. The molecule has 1 heterocycles. The van der Waals surface area contributed by atoms with Gasteiger partial charge in [0.2, 0.25) is 0 Å². The van der Waals surface area contributed by atoms with E-state index in [1.807, 2.05) is 24.3 Å². The number of benzene rings is 2. The Morgan fingerprint density at radius 2 is 1.70 bits per heavy atom. The molecule has 1 aliphatic heterocycles. The number of hydrogen-bond acceptors (Lipinski definition) is 5. The first-order chi connectivity index (χ1) is 13.1. The van der Waals surface area contributed by atoms with E-state index in [2.05, 4.69) is 15.1 Å². The van der Waals surface area contributed by atoms with E-state index in [4.69, 9.17) is 17.0 Å². The molecular formula is C20H23N3O3S. The van der Waals surface area contributed by atoms with Gasteiger partial charge in [0.25, 0.3) is 0 Å². The molecule has 0 aliphatic carbocycles. The van der Waals surface area contributed by atoms with Crippen LogP contribution in [0.5, 0.6) is 5.75 Å². The zero-order valence-electron chi connectivity index (χ0n) is 15.2. The van der Waals surface area contributed by atoms with E-state index in [1.54, 1.807) is 31.2 Å². The fourth-order valence-electron chi connectivity index (χ4n) is 2.94. The average Bonchev–Trinajstić information content (AvgIpc) is 2.69. The third kappa shape index (κ3) is 4.89. The highest BCUT2D eigenvalue weighted by molar-refractivity contribution is 7.80. The minimum absolute atomic E-state index is 0.275. The minimum Gasteiger partial charge on any atom is -0.508 e. The van der Waals surface area contributed by atoms with Crippen LogP contribution in [0.25, 0.3) is 0 Å². The molecule has 1 aliphatic rings. The maximum Gasteiger partial charge on any atom is 0.338 e. The molecule has 0 saturated carbocycles. The molecule has 0 unspecified atom stereocenters. The fourth-order valence-corrected chi connectivity index (χ4v) is 3.24. The van der Waals surface area contributed by atoms with Crippen molar-refractivity contribution in [3.05, 3.63) is 54.1 Å². The molecule has 27 heavy (non-hydrogen) atoms. The minimum atomic E-state index is -0.322. The lowest BCUT2D eigenvalue weighted by Gasteiger charge is -2.37. The van der Waals surface area contributed by atoms with Gasteiger partial charge in [-0.3, -0.25) is 0 Å². The van der Waals surface area contributed by atoms with Crippen LogP contribution in [-0.2, 0) is 4.74 Å². The number of carbonyl (C=O) groups is 1. The quantitative estimate of drug-likeness (QED) is 0.619. The number of phenols is 1. The molecule has 2 N–H and O–H groups in total. The molecule has 0 aromatic heterocycles. The van der Waals surface area contributed by atoms with Crippen molar-refractivity contribution in [1.29, 1.82) is 0 Å². The predicted octanol–water partition coefficient (Wildman–Crippen LogP) is 3.09. The maximum absolute atomic E-state index is 11.7. The molecule has 0 radical (unpaired) electrons. The number of thiocarbonyl (C=S) groups is 1. The Hall–Kier alpha value is -2.80. The first-order valence-corrected chi connectivity index (χ1v) is 9.34. The van der Waals surface area contributed by atoms with E-state index in [1.165, 1.54) is 0 Å². The summed E-state index contributed by atoms with van der Waals surface area (Å²) >= 11 is 5.53. The Morgan fingerprint density at radius 1 is 1.07 bits per heavy atom. The number of nitrogens with one attached hydrogen (secondary N) is 1. The van der Waals surface area contributed by atoms with Crippen molar-refractivity contribution in [2.24, 2.45) is 0 Å².